The second kappa shape index (κ2) is 6.91. The van der Waals surface area contributed by atoms with E-state index in [1.807, 2.05) is 42.5 Å². The van der Waals surface area contributed by atoms with Gasteiger partial charge in [0, 0.05) is 6.42 Å². The summed E-state index contributed by atoms with van der Waals surface area (Å²) in [7, 11) is 0. The van der Waals surface area contributed by atoms with Gasteiger partial charge >= 0.3 is 0 Å². The van der Waals surface area contributed by atoms with Crippen molar-refractivity contribution in [2.45, 2.75) is 12.5 Å². The van der Waals surface area contributed by atoms with Crippen molar-refractivity contribution >= 4 is 34.6 Å². The molecule has 1 aliphatic rings. The van der Waals surface area contributed by atoms with Gasteiger partial charge in [0.05, 0.1) is 27.5 Å². The lowest BCUT2D eigenvalue weighted by Gasteiger charge is -2.23. The Hall–Kier alpha value is -2.29. The van der Waals surface area contributed by atoms with Crippen LogP contribution >= 0.6 is 23.2 Å². The lowest BCUT2D eigenvalue weighted by Crippen LogP contribution is -2.18. The Morgan fingerprint density at radius 3 is 2.16 bits per heavy atom. The van der Waals surface area contributed by atoms with Crippen LogP contribution in [-0.4, -0.2) is 5.71 Å². The summed E-state index contributed by atoms with van der Waals surface area (Å²) in [6.07, 6.45) is 0.816. The van der Waals surface area contributed by atoms with E-state index in [1.54, 1.807) is 0 Å². The zero-order valence-corrected chi connectivity index (χ0v) is 15.0. The summed E-state index contributed by atoms with van der Waals surface area (Å²) in [6.45, 7) is 0. The van der Waals surface area contributed by atoms with Gasteiger partial charge in [0.25, 0.3) is 0 Å². The van der Waals surface area contributed by atoms with Crippen molar-refractivity contribution in [1.29, 1.82) is 0 Å². The summed E-state index contributed by atoms with van der Waals surface area (Å²) >= 11 is 12.3. The van der Waals surface area contributed by atoms with Crippen molar-refractivity contribution in [2.75, 3.05) is 5.01 Å². The molecule has 0 radical (unpaired) electrons. The van der Waals surface area contributed by atoms with Crippen LogP contribution in [0.25, 0.3) is 0 Å². The Kier molecular flexibility index (Phi) is 4.48. The molecule has 0 amide bonds. The van der Waals surface area contributed by atoms with Gasteiger partial charge in [0.1, 0.15) is 0 Å². The van der Waals surface area contributed by atoms with Gasteiger partial charge in [-0.25, -0.2) is 0 Å². The van der Waals surface area contributed by atoms with Gasteiger partial charge in [-0.1, -0.05) is 77.8 Å². The standard InChI is InChI=1S/C21H16Cl2N2/c22-18-12-11-16(13-19(18)23)20-14-21(15-7-3-1-4-8-15)25(24-20)17-9-5-2-6-10-17/h1-13,21H,14H2/t21-/m1/s1. The van der Waals surface area contributed by atoms with Crippen molar-refractivity contribution in [3.8, 4) is 0 Å². The second-order valence-electron chi connectivity index (χ2n) is 5.99. The first kappa shape index (κ1) is 16.2. The Balaban J connectivity index is 1.75. The molecule has 0 spiro atoms. The number of nitrogens with zero attached hydrogens (tertiary/aromatic N) is 2. The third-order valence-corrected chi connectivity index (χ3v) is 5.11. The maximum atomic E-state index is 6.20. The molecule has 0 bridgehead atoms. The first-order valence-corrected chi connectivity index (χ1v) is 8.90. The molecule has 1 heterocycles. The lowest BCUT2D eigenvalue weighted by atomic mass is 9.98. The van der Waals surface area contributed by atoms with Crippen LogP contribution in [0.15, 0.2) is 84.0 Å². The summed E-state index contributed by atoms with van der Waals surface area (Å²) in [5.74, 6) is 0. The number of hydrogen-bond acceptors (Lipinski definition) is 2. The van der Waals surface area contributed by atoms with Crippen LogP contribution in [-0.2, 0) is 0 Å². The quantitative estimate of drug-likeness (QED) is 0.527. The fourth-order valence-electron chi connectivity index (χ4n) is 3.11. The molecular formula is C21H16Cl2N2. The van der Waals surface area contributed by atoms with E-state index in [0.29, 0.717) is 10.0 Å². The van der Waals surface area contributed by atoms with Gasteiger partial charge < -0.3 is 0 Å². The van der Waals surface area contributed by atoms with Crippen LogP contribution in [0.3, 0.4) is 0 Å². The number of anilines is 1. The highest BCUT2D eigenvalue weighted by Crippen LogP contribution is 2.37. The molecular weight excluding hydrogens is 351 g/mol. The largest absolute Gasteiger partial charge is 0.257 e. The highest BCUT2D eigenvalue weighted by atomic mass is 35.5. The highest BCUT2D eigenvalue weighted by Gasteiger charge is 2.29. The second-order valence-corrected chi connectivity index (χ2v) is 6.80. The molecule has 1 atom stereocenters. The molecule has 4 heteroatoms. The molecule has 0 fully saturated rings. The Morgan fingerprint density at radius 1 is 0.800 bits per heavy atom. The van der Waals surface area contributed by atoms with E-state index in [9.17, 15) is 0 Å². The first-order chi connectivity index (χ1) is 12.2. The molecule has 0 saturated heterocycles. The Morgan fingerprint density at radius 2 is 1.48 bits per heavy atom. The summed E-state index contributed by atoms with van der Waals surface area (Å²) in [4.78, 5) is 0. The molecule has 4 rings (SSSR count). The normalized spacial score (nSPS) is 16.8. The van der Waals surface area contributed by atoms with Gasteiger partial charge in [-0.15, -0.1) is 0 Å². The molecule has 0 unspecified atom stereocenters. The van der Waals surface area contributed by atoms with Gasteiger partial charge in [-0.05, 0) is 35.4 Å². The van der Waals surface area contributed by atoms with Crippen molar-refractivity contribution in [3.05, 3.63) is 100 Å². The number of hydrazone groups is 1. The fraction of sp³-hybridized carbons (Fsp3) is 0.0952. The minimum atomic E-state index is 0.160. The zero-order chi connectivity index (χ0) is 17.2. The molecule has 124 valence electrons. The molecule has 1 aliphatic heterocycles. The van der Waals surface area contributed by atoms with Crippen LogP contribution < -0.4 is 5.01 Å². The topological polar surface area (TPSA) is 15.6 Å². The number of rotatable bonds is 3. The van der Waals surface area contributed by atoms with E-state index in [-0.39, 0.29) is 6.04 Å². The summed E-state index contributed by atoms with van der Waals surface area (Å²) < 4.78 is 0. The van der Waals surface area contributed by atoms with Gasteiger partial charge in [0.2, 0.25) is 0 Å². The van der Waals surface area contributed by atoms with Crippen molar-refractivity contribution in [3.63, 3.8) is 0 Å². The molecule has 25 heavy (non-hydrogen) atoms. The zero-order valence-electron chi connectivity index (χ0n) is 13.4. The fourth-order valence-corrected chi connectivity index (χ4v) is 3.41. The summed E-state index contributed by atoms with van der Waals surface area (Å²) in [5, 5.41) is 8.11. The number of hydrogen-bond donors (Lipinski definition) is 0. The van der Waals surface area contributed by atoms with Crippen molar-refractivity contribution < 1.29 is 0 Å². The third kappa shape index (κ3) is 3.28. The smallest absolute Gasteiger partial charge is 0.0831 e. The lowest BCUT2D eigenvalue weighted by molar-refractivity contribution is 0.709. The number of halogens is 2. The molecule has 3 aromatic carbocycles. The van der Waals surface area contributed by atoms with E-state index < -0.39 is 0 Å². The Labute approximate surface area is 157 Å². The summed E-state index contributed by atoms with van der Waals surface area (Å²) in [6, 6.07) is 26.5. The van der Waals surface area contributed by atoms with Crippen LogP contribution in [0.1, 0.15) is 23.6 Å². The van der Waals surface area contributed by atoms with Crippen molar-refractivity contribution in [2.24, 2.45) is 5.10 Å². The Bertz CT molecular complexity index is 908. The van der Waals surface area contributed by atoms with E-state index in [2.05, 4.69) is 41.4 Å². The number of para-hydroxylation sites is 1. The molecule has 0 aromatic heterocycles. The number of benzene rings is 3. The molecule has 0 aliphatic carbocycles. The van der Waals surface area contributed by atoms with Gasteiger partial charge in [0.15, 0.2) is 0 Å². The van der Waals surface area contributed by atoms with E-state index >= 15 is 0 Å². The highest BCUT2D eigenvalue weighted by molar-refractivity contribution is 6.42. The summed E-state index contributed by atoms with van der Waals surface area (Å²) in [5.41, 5.74) is 4.33. The van der Waals surface area contributed by atoms with Crippen LogP contribution in [0, 0.1) is 0 Å². The first-order valence-electron chi connectivity index (χ1n) is 8.14. The SMILES string of the molecule is Clc1ccc(C2=NN(c3ccccc3)[C@@H](c3ccccc3)C2)cc1Cl. The van der Waals surface area contributed by atoms with Crippen molar-refractivity contribution in [1.82, 2.24) is 0 Å². The predicted octanol–water partition coefficient (Wildman–Crippen LogP) is 6.35. The van der Waals surface area contributed by atoms with Crippen LogP contribution in [0.4, 0.5) is 5.69 Å². The van der Waals surface area contributed by atoms with E-state index in [0.717, 1.165) is 23.4 Å². The third-order valence-electron chi connectivity index (χ3n) is 4.37. The predicted molar refractivity (Wildman–Crippen MR) is 106 cm³/mol. The maximum absolute atomic E-state index is 6.20. The molecule has 3 aromatic rings. The maximum Gasteiger partial charge on any atom is 0.0831 e. The average molecular weight is 367 g/mol. The molecule has 0 saturated carbocycles. The van der Waals surface area contributed by atoms with E-state index in [1.165, 1.54) is 5.56 Å². The average Bonchev–Trinajstić information content (AvgIpc) is 3.11. The van der Waals surface area contributed by atoms with Gasteiger partial charge in [-0.2, -0.15) is 5.10 Å². The minimum absolute atomic E-state index is 0.160. The monoisotopic (exact) mass is 366 g/mol. The van der Waals surface area contributed by atoms with Gasteiger partial charge in [-0.3, -0.25) is 5.01 Å². The molecule has 0 N–H and O–H groups in total. The van der Waals surface area contributed by atoms with Crippen LogP contribution in [0.2, 0.25) is 10.0 Å². The van der Waals surface area contributed by atoms with Crippen LogP contribution in [0.5, 0.6) is 0 Å². The van der Waals surface area contributed by atoms with E-state index in [4.69, 9.17) is 28.3 Å². The molecule has 2 nitrogen and oxygen atoms in total. The minimum Gasteiger partial charge on any atom is -0.257 e.